The first-order chi connectivity index (χ1) is 7.58. The number of H-pyrrole nitrogens is 1. The van der Waals surface area contributed by atoms with Gasteiger partial charge in [-0.15, -0.1) is 0 Å². The topological polar surface area (TPSA) is 45.8 Å². The molecule has 0 saturated carbocycles. The van der Waals surface area contributed by atoms with Gasteiger partial charge in [0.1, 0.15) is 0 Å². The molecule has 3 nitrogen and oxygen atoms in total. The van der Waals surface area contributed by atoms with Crippen LogP contribution in [0, 0.1) is 6.92 Å². The van der Waals surface area contributed by atoms with E-state index < -0.39 is 0 Å². The van der Waals surface area contributed by atoms with E-state index in [0.717, 1.165) is 11.1 Å². The molecule has 0 amide bonds. The van der Waals surface area contributed by atoms with Crippen molar-refractivity contribution in [3.63, 3.8) is 0 Å². The largest absolute Gasteiger partial charge is 0.268 e. The summed E-state index contributed by atoms with van der Waals surface area (Å²) in [6.07, 6.45) is 0. The first-order valence-corrected chi connectivity index (χ1v) is 5.35. The van der Waals surface area contributed by atoms with Crippen molar-refractivity contribution in [3.05, 3.63) is 50.2 Å². The maximum Gasteiger partial charge on any atom is 0.264 e. The smallest absolute Gasteiger partial charge is 0.264 e. The average Bonchev–Trinajstić information content (AvgIpc) is 2.26. The van der Waals surface area contributed by atoms with Gasteiger partial charge in [-0.3, -0.25) is 4.79 Å². The summed E-state index contributed by atoms with van der Waals surface area (Å²) in [5, 5.41) is 7.42. The molecule has 0 atom stereocenters. The molecule has 0 aliphatic heterocycles. The van der Waals surface area contributed by atoms with Crippen molar-refractivity contribution in [3.8, 4) is 11.3 Å². The van der Waals surface area contributed by atoms with Crippen LogP contribution in [0.5, 0.6) is 0 Å². The van der Waals surface area contributed by atoms with Crippen molar-refractivity contribution in [1.82, 2.24) is 10.2 Å². The van der Waals surface area contributed by atoms with Gasteiger partial charge < -0.3 is 0 Å². The Hall–Kier alpha value is -0.320. The maximum atomic E-state index is 10.9. The van der Waals surface area contributed by atoms with Gasteiger partial charge in [-0.05, 0) is 30.7 Å². The first-order valence-electron chi connectivity index (χ1n) is 4.59. The van der Waals surface area contributed by atoms with E-state index in [-0.39, 0.29) is 35.1 Å². The van der Waals surface area contributed by atoms with E-state index in [4.69, 9.17) is 23.2 Å². The van der Waals surface area contributed by atoms with Crippen LogP contribution in [0.25, 0.3) is 11.3 Å². The summed E-state index contributed by atoms with van der Waals surface area (Å²) in [7, 11) is 0. The molecule has 0 saturated heterocycles. The molecule has 0 unspecified atom stereocenters. The number of aromatic amines is 1. The molecule has 1 aromatic heterocycles. The van der Waals surface area contributed by atoms with Crippen molar-refractivity contribution >= 4 is 52.8 Å². The summed E-state index contributed by atoms with van der Waals surface area (Å²) in [5.74, 6) is 0. The molecule has 1 heterocycles. The van der Waals surface area contributed by atoms with Crippen LogP contribution in [-0.4, -0.2) is 39.8 Å². The van der Waals surface area contributed by atoms with Gasteiger partial charge in [-0.2, -0.15) is 5.10 Å². The second-order valence-electron chi connectivity index (χ2n) is 3.37. The molecule has 0 fully saturated rings. The number of rotatable bonds is 1. The number of hydrogen-bond donors (Lipinski definition) is 1. The Morgan fingerprint density at radius 1 is 1.18 bits per heavy atom. The average molecular weight is 278 g/mol. The van der Waals surface area contributed by atoms with E-state index in [9.17, 15) is 4.79 Å². The van der Waals surface area contributed by atoms with Gasteiger partial charge in [-0.1, -0.05) is 23.2 Å². The standard InChI is InChI=1S/C11H8Cl2N2O.Na/c1-6-8(12)4-7(5-9(6)13)10-2-3-11(16)15-14-10;/h2-5H,1H3,(H,15,16);. The predicted octanol–water partition coefficient (Wildman–Crippen LogP) is 2.67. The Bertz CT molecular complexity index is 555. The third-order valence-electron chi connectivity index (χ3n) is 2.26. The molecular formula is C11H8Cl2N2NaO. The predicted molar refractivity (Wildman–Crippen MR) is 70.8 cm³/mol. The third kappa shape index (κ3) is 3.33. The van der Waals surface area contributed by atoms with Crippen molar-refractivity contribution < 1.29 is 0 Å². The van der Waals surface area contributed by atoms with Crippen LogP contribution in [0.3, 0.4) is 0 Å². The Balaban J connectivity index is 0.00000144. The number of aromatic nitrogens is 2. The van der Waals surface area contributed by atoms with Crippen molar-refractivity contribution in [1.29, 1.82) is 0 Å². The molecule has 0 bridgehead atoms. The third-order valence-corrected chi connectivity index (χ3v) is 3.04. The van der Waals surface area contributed by atoms with Crippen LogP contribution < -0.4 is 5.56 Å². The Kier molecular flexibility index (Phi) is 5.22. The number of benzene rings is 1. The summed E-state index contributed by atoms with van der Waals surface area (Å²) in [4.78, 5) is 10.9. The maximum absolute atomic E-state index is 10.9. The molecule has 2 rings (SSSR count). The molecular weight excluding hydrogens is 270 g/mol. The second-order valence-corrected chi connectivity index (χ2v) is 4.19. The van der Waals surface area contributed by atoms with Gasteiger partial charge in [0, 0.05) is 51.2 Å². The normalized spacial score (nSPS) is 9.82. The van der Waals surface area contributed by atoms with Gasteiger partial charge in [-0.25, -0.2) is 5.10 Å². The number of hydrogen-bond acceptors (Lipinski definition) is 2. The van der Waals surface area contributed by atoms with Gasteiger partial charge >= 0.3 is 0 Å². The zero-order valence-electron chi connectivity index (χ0n) is 9.42. The number of halogens is 2. The van der Waals surface area contributed by atoms with Crippen LogP contribution in [0.4, 0.5) is 0 Å². The van der Waals surface area contributed by atoms with Gasteiger partial charge in [0.2, 0.25) is 0 Å². The van der Waals surface area contributed by atoms with Gasteiger partial charge in [0.05, 0.1) is 5.69 Å². The molecule has 0 spiro atoms. The van der Waals surface area contributed by atoms with E-state index in [2.05, 4.69) is 10.2 Å². The van der Waals surface area contributed by atoms with Crippen LogP contribution in [-0.2, 0) is 0 Å². The summed E-state index contributed by atoms with van der Waals surface area (Å²) in [6, 6.07) is 6.56. The van der Waals surface area contributed by atoms with Crippen molar-refractivity contribution in [2.24, 2.45) is 0 Å². The van der Waals surface area contributed by atoms with E-state index in [1.54, 1.807) is 18.2 Å². The van der Waals surface area contributed by atoms with Gasteiger partial charge in [0.25, 0.3) is 5.56 Å². The van der Waals surface area contributed by atoms with Crippen LogP contribution in [0.2, 0.25) is 10.0 Å². The van der Waals surface area contributed by atoms with Crippen molar-refractivity contribution in [2.75, 3.05) is 0 Å². The monoisotopic (exact) mass is 277 g/mol. The Morgan fingerprint density at radius 2 is 1.76 bits per heavy atom. The zero-order chi connectivity index (χ0) is 11.7. The fourth-order valence-corrected chi connectivity index (χ4v) is 1.79. The van der Waals surface area contributed by atoms with E-state index in [1.807, 2.05) is 6.92 Å². The molecule has 0 aliphatic rings. The minimum absolute atomic E-state index is 0. The minimum Gasteiger partial charge on any atom is -0.268 e. The fourth-order valence-electron chi connectivity index (χ4n) is 1.30. The summed E-state index contributed by atoms with van der Waals surface area (Å²) in [5.41, 5.74) is 1.99. The molecule has 2 aromatic rings. The molecule has 6 heteroatoms. The SMILES string of the molecule is Cc1c(Cl)cc(-c2ccc(=O)[nH]n2)cc1Cl.[Na]. The quantitative estimate of drug-likeness (QED) is 0.815. The molecule has 1 aromatic carbocycles. The molecule has 83 valence electrons. The zero-order valence-corrected chi connectivity index (χ0v) is 12.9. The summed E-state index contributed by atoms with van der Waals surface area (Å²) < 4.78 is 0. The number of nitrogens with one attached hydrogen (secondary N) is 1. The molecule has 0 aliphatic carbocycles. The first kappa shape index (κ1) is 14.7. The van der Waals surface area contributed by atoms with E-state index >= 15 is 0 Å². The Morgan fingerprint density at radius 3 is 2.24 bits per heavy atom. The van der Waals surface area contributed by atoms with Gasteiger partial charge in [0.15, 0.2) is 0 Å². The van der Waals surface area contributed by atoms with Crippen LogP contribution in [0.15, 0.2) is 29.1 Å². The molecule has 1 radical (unpaired) electrons. The fraction of sp³-hybridized carbons (Fsp3) is 0.0909. The molecule has 1 N–H and O–H groups in total. The van der Waals surface area contributed by atoms with E-state index in [0.29, 0.717) is 15.7 Å². The van der Waals surface area contributed by atoms with Crippen LogP contribution in [0.1, 0.15) is 5.56 Å². The summed E-state index contributed by atoms with van der Waals surface area (Å²) >= 11 is 12.0. The van der Waals surface area contributed by atoms with Crippen molar-refractivity contribution in [2.45, 2.75) is 6.92 Å². The summed E-state index contributed by atoms with van der Waals surface area (Å²) in [6.45, 7) is 1.84. The van der Waals surface area contributed by atoms with Crippen LogP contribution >= 0.6 is 23.2 Å². The Labute approximate surface area is 130 Å². The second kappa shape index (κ2) is 6.03. The number of nitrogens with zero attached hydrogens (tertiary/aromatic N) is 1. The van der Waals surface area contributed by atoms with E-state index in [1.165, 1.54) is 6.07 Å². The minimum atomic E-state index is -0.243. The molecule has 17 heavy (non-hydrogen) atoms.